The van der Waals surface area contributed by atoms with E-state index in [1.165, 1.54) is 16.7 Å². The number of aromatic nitrogens is 2. The van der Waals surface area contributed by atoms with Crippen molar-refractivity contribution < 1.29 is 8.78 Å². The lowest BCUT2D eigenvalue weighted by Gasteiger charge is -2.05. The lowest BCUT2D eigenvalue weighted by molar-refractivity contribution is 0.581. The molecule has 0 saturated heterocycles. The second-order valence-corrected chi connectivity index (χ2v) is 4.62. The maximum absolute atomic E-state index is 13.3. The van der Waals surface area contributed by atoms with Gasteiger partial charge < -0.3 is 4.98 Å². The molecule has 0 spiro atoms. The van der Waals surface area contributed by atoms with Gasteiger partial charge in [0.2, 0.25) is 0 Å². The number of rotatable bonds is 1. The molecule has 3 rings (SSSR count). The third kappa shape index (κ3) is 1.98. The SMILES string of the molecule is N#Cc1ccc2[nH]c(=S)n(-c3cc(F)cc(F)c3)c2c1. The molecule has 3 nitrogen and oxygen atoms in total. The van der Waals surface area contributed by atoms with E-state index in [1.54, 1.807) is 18.2 Å². The Morgan fingerprint density at radius 2 is 1.80 bits per heavy atom. The van der Waals surface area contributed by atoms with Crippen LogP contribution in [-0.4, -0.2) is 9.55 Å². The van der Waals surface area contributed by atoms with Gasteiger partial charge in [-0.3, -0.25) is 4.57 Å². The van der Waals surface area contributed by atoms with E-state index in [1.807, 2.05) is 6.07 Å². The highest BCUT2D eigenvalue weighted by atomic mass is 32.1. The van der Waals surface area contributed by atoms with Crippen LogP contribution in [0.25, 0.3) is 16.7 Å². The van der Waals surface area contributed by atoms with Gasteiger partial charge in [0.05, 0.1) is 28.4 Å². The maximum atomic E-state index is 13.3. The highest BCUT2D eigenvalue weighted by Gasteiger charge is 2.09. The van der Waals surface area contributed by atoms with Crippen molar-refractivity contribution in [3.63, 3.8) is 0 Å². The van der Waals surface area contributed by atoms with E-state index in [-0.39, 0.29) is 5.69 Å². The van der Waals surface area contributed by atoms with Crippen LogP contribution < -0.4 is 0 Å². The predicted molar refractivity (Wildman–Crippen MR) is 73.1 cm³/mol. The van der Waals surface area contributed by atoms with Crippen LogP contribution in [0, 0.1) is 27.7 Å². The van der Waals surface area contributed by atoms with E-state index >= 15 is 0 Å². The third-order valence-corrected chi connectivity index (χ3v) is 3.20. The third-order valence-electron chi connectivity index (χ3n) is 2.92. The molecule has 98 valence electrons. The van der Waals surface area contributed by atoms with E-state index < -0.39 is 11.6 Å². The van der Waals surface area contributed by atoms with Crippen molar-refractivity contribution in [1.82, 2.24) is 9.55 Å². The van der Waals surface area contributed by atoms with E-state index in [0.717, 1.165) is 6.07 Å². The Morgan fingerprint density at radius 1 is 1.10 bits per heavy atom. The first-order chi connectivity index (χ1) is 9.58. The Hall–Kier alpha value is -2.52. The van der Waals surface area contributed by atoms with Crippen molar-refractivity contribution in [1.29, 1.82) is 5.26 Å². The van der Waals surface area contributed by atoms with Gasteiger partial charge in [-0.15, -0.1) is 0 Å². The molecule has 0 aliphatic carbocycles. The molecule has 2 aromatic carbocycles. The lowest BCUT2D eigenvalue weighted by atomic mass is 10.2. The fourth-order valence-electron chi connectivity index (χ4n) is 2.10. The predicted octanol–water partition coefficient (Wildman–Crippen LogP) is 3.84. The van der Waals surface area contributed by atoms with Gasteiger partial charge in [0.15, 0.2) is 4.77 Å². The minimum absolute atomic E-state index is 0.272. The molecular weight excluding hydrogens is 280 g/mol. The van der Waals surface area contributed by atoms with Gasteiger partial charge >= 0.3 is 0 Å². The maximum Gasteiger partial charge on any atom is 0.182 e. The van der Waals surface area contributed by atoms with Crippen LogP contribution in [0.15, 0.2) is 36.4 Å². The molecule has 0 amide bonds. The number of benzene rings is 2. The molecule has 1 aromatic heterocycles. The average molecular weight is 287 g/mol. The summed E-state index contributed by atoms with van der Waals surface area (Å²) in [4.78, 5) is 2.94. The smallest absolute Gasteiger partial charge is 0.182 e. The molecule has 0 radical (unpaired) electrons. The minimum atomic E-state index is -0.687. The molecule has 0 aliphatic heterocycles. The summed E-state index contributed by atoms with van der Waals surface area (Å²) in [5, 5.41) is 8.94. The van der Waals surface area contributed by atoms with Crippen molar-refractivity contribution in [2.24, 2.45) is 0 Å². The van der Waals surface area contributed by atoms with Crippen LogP contribution in [0.3, 0.4) is 0 Å². The summed E-state index contributed by atoms with van der Waals surface area (Å²) in [6.07, 6.45) is 0. The molecule has 3 aromatic rings. The Balaban J connectivity index is 2.38. The van der Waals surface area contributed by atoms with Gasteiger partial charge in [0.25, 0.3) is 0 Å². The number of nitrogens with zero attached hydrogens (tertiary/aromatic N) is 2. The fourth-order valence-corrected chi connectivity index (χ4v) is 2.41. The van der Waals surface area contributed by atoms with Gasteiger partial charge in [0.1, 0.15) is 11.6 Å². The summed E-state index contributed by atoms with van der Waals surface area (Å²) in [6.45, 7) is 0. The van der Waals surface area contributed by atoms with Crippen LogP contribution in [0.4, 0.5) is 8.78 Å². The zero-order valence-electron chi connectivity index (χ0n) is 10.0. The molecule has 0 unspecified atom stereocenters. The monoisotopic (exact) mass is 287 g/mol. The largest absolute Gasteiger partial charge is 0.330 e. The zero-order chi connectivity index (χ0) is 14.3. The zero-order valence-corrected chi connectivity index (χ0v) is 10.8. The summed E-state index contributed by atoms with van der Waals surface area (Å²) in [5.41, 5.74) is 2.00. The van der Waals surface area contributed by atoms with Gasteiger partial charge in [-0.25, -0.2) is 8.78 Å². The first-order valence-corrected chi connectivity index (χ1v) is 6.10. The molecule has 0 fully saturated rings. The van der Waals surface area contributed by atoms with E-state index in [4.69, 9.17) is 17.5 Å². The molecule has 1 N–H and O–H groups in total. The number of hydrogen-bond acceptors (Lipinski definition) is 2. The van der Waals surface area contributed by atoms with Crippen molar-refractivity contribution in [2.45, 2.75) is 0 Å². The number of hydrogen-bond donors (Lipinski definition) is 1. The summed E-state index contributed by atoms with van der Waals surface area (Å²) < 4.78 is 28.5. The molecule has 0 aliphatic rings. The number of nitrogens with one attached hydrogen (secondary N) is 1. The van der Waals surface area contributed by atoms with Crippen LogP contribution in [0.2, 0.25) is 0 Å². The first-order valence-electron chi connectivity index (χ1n) is 5.70. The molecular formula is C14H7F2N3S. The number of nitriles is 1. The Labute approximate surface area is 117 Å². The van der Waals surface area contributed by atoms with Crippen molar-refractivity contribution in [2.75, 3.05) is 0 Å². The second kappa shape index (κ2) is 4.54. The molecule has 0 saturated carbocycles. The van der Waals surface area contributed by atoms with Crippen molar-refractivity contribution in [3.05, 3.63) is 58.4 Å². The number of imidazole rings is 1. The van der Waals surface area contributed by atoms with Crippen molar-refractivity contribution >= 4 is 23.3 Å². The summed E-state index contributed by atoms with van der Waals surface area (Å²) in [5.74, 6) is -1.37. The number of H-pyrrole nitrogens is 1. The Bertz CT molecular complexity index is 898. The first kappa shape index (κ1) is 12.5. The van der Waals surface area contributed by atoms with E-state index in [9.17, 15) is 8.78 Å². The molecule has 0 bridgehead atoms. The number of aromatic amines is 1. The number of fused-ring (bicyclic) bond motifs is 1. The quantitative estimate of drug-likeness (QED) is 0.691. The van der Waals surface area contributed by atoms with E-state index in [0.29, 0.717) is 21.4 Å². The Morgan fingerprint density at radius 3 is 2.45 bits per heavy atom. The van der Waals surface area contributed by atoms with Gasteiger partial charge in [-0.2, -0.15) is 5.26 Å². The molecule has 0 atom stereocenters. The van der Waals surface area contributed by atoms with Gasteiger partial charge in [-0.1, -0.05) is 0 Å². The van der Waals surface area contributed by atoms with Crippen LogP contribution in [-0.2, 0) is 0 Å². The normalized spacial score (nSPS) is 10.7. The van der Waals surface area contributed by atoms with Crippen molar-refractivity contribution in [3.8, 4) is 11.8 Å². The molecule has 6 heteroatoms. The van der Waals surface area contributed by atoms with E-state index in [2.05, 4.69) is 4.98 Å². The standard InChI is InChI=1S/C14H7F2N3S/c15-9-4-10(16)6-11(5-9)19-13-3-8(7-17)1-2-12(13)18-14(19)20/h1-6H,(H,18,20). The fraction of sp³-hybridized carbons (Fsp3) is 0. The molecule has 1 heterocycles. The minimum Gasteiger partial charge on any atom is -0.330 e. The van der Waals surface area contributed by atoms with Crippen LogP contribution >= 0.6 is 12.2 Å². The van der Waals surface area contributed by atoms with Crippen LogP contribution in [0.5, 0.6) is 0 Å². The topological polar surface area (TPSA) is 44.5 Å². The highest BCUT2D eigenvalue weighted by Crippen LogP contribution is 2.22. The van der Waals surface area contributed by atoms with Gasteiger partial charge in [0, 0.05) is 6.07 Å². The summed E-state index contributed by atoms with van der Waals surface area (Å²) in [7, 11) is 0. The van der Waals surface area contributed by atoms with Crippen LogP contribution in [0.1, 0.15) is 5.56 Å². The molecule has 20 heavy (non-hydrogen) atoms. The summed E-state index contributed by atoms with van der Waals surface area (Å²) >= 11 is 5.18. The lowest BCUT2D eigenvalue weighted by Crippen LogP contribution is -1.96. The second-order valence-electron chi connectivity index (χ2n) is 4.24. The average Bonchev–Trinajstić information content (AvgIpc) is 2.72. The van der Waals surface area contributed by atoms with Gasteiger partial charge in [-0.05, 0) is 42.5 Å². The highest BCUT2D eigenvalue weighted by molar-refractivity contribution is 7.71. The summed E-state index contributed by atoms with van der Waals surface area (Å²) in [6, 6.07) is 10.1. The number of halogens is 2. The Kier molecular flexibility index (Phi) is 2.84.